The summed E-state index contributed by atoms with van der Waals surface area (Å²) < 4.78 is 0. The van der Waals surface area contributed by atoms with Crippen molar-refractivity contribution in [2.75, 3.05) is 5.75 Å². The Labute approximate surface area is 175 Å². The number of H-pyrrole nitrogens is 1. The molecule has 1 heterocycles. The third-order valence-electron chi connectivity index (χ3n) is 5.09. The van der Waals surface area contributed by atoms with Gasteiger partial charge in [-0.15, -0.1) is 0 Å². The third-order valence-corrected chi connectivity index (χ3v) is 5.45. The highest BCUT2D eigenvalue weighted by atomic mass is 32.1. The van der Waals surface area contributed by atoms with Crippen LogP contribution >= 0.6 is 12.6 Å². The number of hydrogen-bond donors (Lipinski definition) is 6. The first kappa shape index (κ1) is 22.8. The molecule has 0 spiro atoms. The highest BCUT2D eigenvalue weighted by Crippen LogP contribution is 2.19. The number of amides is 2. The average Bonchev–Trinajstić information content (AvgIpc) is 3.12. The summed E-state index contributed by atoms with van der Waals surface area (Å²) in [6.45, 7) is 3.77. The summed E-state index contributed by atoms with van der Waals surface area (Å²) in [6.07, 6.45) is 2.55. The van der Waals surface area contributed by atoms with Crippen LogP contribution in [0.5, 0.6) is 0 Å². The van der Waals surface area contributed by atoms with Gasteiger partial charge in [0.2, 0.25) is 11.8 Å². The molecule has 0 saturated heterocycles. The van der Waals surface area contributed by atoms with Gasteiger partial charge in [0.15, 0.2) is 0 Å². The van der Waals surface area contributed by atoms with Crippen molar-refractivity contribution >= 4 is 41.3 Å². The van der Waals surface area contributed by atoms with Crippen LogP contribution in [0.3, 0.4) is 0 Å². The van der Waals surface area contributed by atoms with Crippen LogP contribution in [-0.4, -0.2) is 51.8 Å². The Balaban J connectivity index is 2.07. The van der Waals surface area contributed by atoms with Crippen LogP contribution in [0.4, 0.5) is 0 Å². The van der Waals surface area contributed by atoms with Crippen molar-refractivity contribution in [3.8, 4) is 0 Å². The SMILES string of the molecule is CCC(C)C(N)C(=O)NC(CS)C(=O)NC(Cc1c[nH]c2ccccc12)C(=O)O. The van der Waals surface area contributed by atoms with E-state index in [1.807, 2.05) is 38.1 Å². The lowest BCUT2D eigenvalue weighted by Crippen LogP contribution is -2.56. The zero-order valence-electron chi connectivity index (χ0n) is 16.5. The summed E-state index contributed by atoms with van der Waals surface area (Å²) >= 11 is 4.12. The van der Waals surface area contributed by atoms with E-state index in [0.29, 0.717) is 0 Å². The molecule has 2 rings (SSSR count). The summed E-state index contributed by atoms with van der Waals surface area (Å²) in [7, 11) is 0. The predicted octanol–water partition coefficient (Wildman–Crippen LogP) is 1.07. The molecule has 2 aromatic rings. The molecular weight excluding hydrogens is 392 g/mol. The number of carboxylic acids is 1. The van der Waals surface area contributed by atoms with Crippen molar-refractivity contribution < 1.29 is 19.5 Å². The fraction of sp³-hybridized carbons (Fsp3) is 0.450. The normalized spacial score (nSPS) is 15.3. The van der Waals surface area contributed by atoms with Crippen LogP contribution in [0.15, 0.2) is 30.5 Å². The number of para-hydroxylation sites is 1. The molecule has 0 saturated carbocycles. The number of carbonyl (C=O) groups excluding carboxylic acids is 2. The number of benzene rings is 1. The second-order valence-corrected chi connectivity index (χ2v) is 7.48. The lowest BCUT2D eigenvalue weighted by atomic mass is 9.99. The van der Waals surface area contributed by atoms with Gasteiger partial charge in [0.25, 0.3) is 0 Å². The van der Waals surface area contributed by atoms with E-state index in [4.69, 9.17) is 5.73 Å². The van der Waals surface area contributed by atoms with E-state index < -0.39 is 35.9 Å². The molecule has 0 aliphatic heterocycles. The van der Waals surface area contributed by atoms with Crippen LogP contribution in [0.1, 0.15) is 25.8 Å². The molecule has 4 atom stereocenters. The molecule has 0 fully saturated rings. The summed E-state index contributed by atoms with van der Waals surface area (Å²) in [5.74, 6) is -2.27. The molecule has 0 aliphatic rings. The molecule has 4 unspecified atom stereocenters. The molecule has 158 valence electrons. The van der Waals surface area contributed by atoms with E-state index in [9.17, 15) is 19.5 Å². The standard InChI is InChI=1S/C20H28N4O4S/c1-3-11(2)17(21)19(26)24-16(10-29)18(25)23-15(20(27)28)8-12-9-22-14-7-5-4-6-13(12)14/h4-7,9,11,15-17,22,29H,3,8,10,21H2,1-2H3,(H,23,25)(H,24,26)(H,27,28). The fourth-order valence-corrected chi connectivity index (χ4v) is 3.22. The maximum Gasteiger partial charge on any atom is 0.326 e. The average molecular weight is 421 g/mol. The van der Waals surface area contributed by atoms with Gasteiger partial charge < -0.3 is 26.5 Å². The van der Waals surface area contributed by atoms with E-state index in [0.717, 1.165) is 22.9 Å². The van der Waals surface area contributed by atoms with Gasteiger partial charge in [-0.3, -0.25) is 9.59 Å². The quantitative estimate of drug-likeness (QED) is 0.319. The topological polar surface area (TPSA) is 137 Å². The highest BCUT2D eigenvalue weighted by molar-refractivity contribution is 7.80. The van der Waals surface area contributed by atoms with E-state index in [1.165, 1.54) is 0 Å². The molecule has 9 heteroatoms. The van der Waals surface area contributed by atoms with Gasteiger partial charge in [0.1, 0.15) is 12.1 Å². The number of aromatic amines is 1. The lowest BCUT2D eigenvalue weighted by Gasteiger charge is -2.23. The van der Waals surface area contributed by atoms with Crippen molar-refractivity contribution in [1.29, 1.82) is 0 Å². The van der Waals surface area contributed by atoms with Crippen LogP contribution in [0.25, 0.3) is 10.9 Å². The minimum atomic E-state index is -1.16. The summed E-state index contributed by atoms with van der Waals surface area (Å²) in [5.41, 5.74) is 7.56. The highest BCUT2D eigenvalue weighted by Gasteiger charge is 2.29. The molecular formula is C20H28N4O4S. The van der Waals surface area contributed by atoms with E-state index in [2.05, 4.69) is 28.2 Å². The first-order valence-corrected chi connectivity index (χ1v) is 10.2. The largest absolute Gasteiger partial charge is 0.480 e. The lowest BCUT2D eigenvalue weighted by molar-refractivity contribution is -0.142. The van der Waals surface area contributed by atoms with Crippen molar-refractivity contribution in [1.82, 2.24) is 15.6 Å². The number of nitrogens with two attached hydrogens (primary N) is 1. The maximum absolute atomic E-state index is 12.6. The molecule has 6 N–H and O–H groups in total. The number of carbonyl (C=O) groups is 3. The Hall–Kier alpha value is -2.52. The Morgan fingerprint density at radius 1 is 1.17 bits per heavy atom. The number of hydrogen-bond acceptors (Lipinski definition) is 5. The van der Waals surface area contributed by atoms with Crippen molar-refractivity contribution in [3.63, 3.8) is 0 Å². The Bertz CT molecular complexity index is 869. The molecule has 1 aromatic carbocycles. The number of thiol groups is 1. The molecule has 0 bridgehead atoms. The zero-order chi connectivity index (χ0) is 21.6. The number of carboxylic acid groups (broad SMARTS) is 1. The van der Waals surface area contributed by atoms with Gasteiger partial charge >= 0.3 is 5.97 Å². The first-order chi connectivity index (χ1) is 13.8. The van der Waals surface area contributed by atoms with Gasteiger partial charge in [0.05, 0.1) is 6.04 Å². The fourth-order valence-electron chi connectivity index (χ4n) is 2.97. The van der Waals surface area contributed by atoms with Crippen molar-refractivity contribution in [2.45, 2.75) is 44.8 Å². The van der Waals surface area contributed by atoms with E-state index in [1.54, 1.807) is 6.20 Å². The van der Waals surface area contributed by atoms with Crippen LogP contribution in [0.2, 0.25) is 0 Å². The number of rotatable bonds is 10. The van der Waals surface area contributed by atoms with Gasteiger partial charge in [-0.1, -0.05) is 38.5 Å². The van der Waals surface area contributed by atoms with Crippen LogP contribution in [-0.2, 0) is 20.8 Å². The molecule has 1 aromatic heterocycles. The van der Waals surface area contributed by atoms with Gasteiger partial charge in [-0.25, -0.2) is 4.79 Å². The predicted molar refractivity (Wildman–Crippen MR) is 115 cm³/mol. The van der Waals surface area contributed by atoms with Crippen LogP contribution in [0, 0.1) is 5.92 Å². The first-order valence-electron chi connectivity index (χ1n) is 9.53. The second kappa shape index (κ2) is 10.3. The third kappa shape index (κ3) is 5.74. The van der Waals surface area contributed by atoms with E-state index >= 15 is 0 Å². The second-order valence-electron chi connectivity index (χ2n) is 7.12. The number of nitrogens with one attached hydrogen (secondary N) is 3. The number of aromatic nitrogens is 1. The summed E-state index contributed by atoms with van der Waals surface area (Å²) in [4.78, 5) is 39.7. The minimum Gasteiger partial charge on any atom is -0.480 e. The van der Waals surface area contributed by atoms with Crippen LogP contribution < -0.4 is 16.4 Å². The summed E-state index contributed by atoms with van der Waals surface area (Å²) in [6, 6.07) is 4.63. The molecule has 29 heavy (non-hydrogen) atoms. The van der Waals surface area contributed by atoms with E-state index in [-0.39, 0.29) is 18.1 Å². The van der Waals surface area contributed by atoms with Crippen molar-refractivity contribution in [2.24, 2.45) is 11.7 Å². The minimum absolute atomic E-state index is 0.0181. The maximum atomic E-state index is 12.6. The Morgan fingerprint density at radius 2 is 1.83 bits per heavy atom. The Morgan fingerprint density at radius 3 is 2.45 bits per heavy atom. The monoisotopic (exact) mass is 420 g/mol. The van der Waals surface area contributed by atoms with Crippen molar-refractivity contribution in [3.05, 3.63) is 36.0 Å². The van der Waals surface area contributed by atoms with Gasteiger partial charge in [0, 0.05) is 29.3 Å². The smallest absolute Gasteiger partial charge is 0.326 e. The zero-order valence-corrected chi connectivity index (χ0v) is 17.4. The molecule has 0 radical (unpaired) electrons. The molecule has 8 nitrogen and oxygen atoms in total. The number of fused-ring (bicyclic) bond motifs is 1. The molecule has 0 aliphatic carbocycles. The van der Waals surface area contributed by atoms with Gasteiger partial charge in [-0.2, -0.15) is 12.6 Å². The number of aliphatic carboxylic acids is 1. The molecule has 2 amide bonds. The Kier molecular flexibility index (Phi) is 8.10. The van der Waals surface area contributed by atoms with Gasteiger partial charge in [-0.05, 0) is 17.5 Å². The summed E-state index contributed by atoms with van der Waals surface area (Å²) in [5, 5.41) is 15.5.